The van der Waals surface area contributed by atoms with E-state index in [0.717, 1.165) is 0 Å². The monoisotopic (exact) mass is 200 g/mol. The van der Waals surface area contributed by atoms with Crippen LogP contribution in [0.3, 0.4) is 0 Å². The molecule has 0 amide bonds. The summed E-state index contributed by atoms with van der Waals surface area (Å²) in [6.07, 6.45) is -0.931. The van der Waals surface area contributed by atoms with Gasteiger partial charge < -0.3 is 14.9 Å². The molecule has 4 heteroatoms. The molecule has 1 rings (SSSR count). The van der Waals surface area contributed by atoms with E-state index in [1.54, 1.807) is 19.1 Å². The summed E-state index contributed by atoms with van der Waals surface area (Å²) in [6, 6.07) is 4.46. The number of ether oxygens (including phenoxy) is 1. The Morgan fingerprint density at radius 2 is 2.21 bits per heavy atom. The van der Waals surface area contributed by atoms with Gasteiger partial charge in [-0.1, -0.05) is 6.07 Å². The molecule has 0 aliphatic carbocycles. The number of hydrogen-bond donors (Lipinski definition) is 2. The van der Waals surface area contributed by atoms with Crippen LogP contribution in [0.2, 0.25) is 0 Å². The molecular weight excluding hydrogens is 187 g/mol. The van der Waals surface area contributed by atoms with Crippen LogP contribution in [-0.4, -0.2) is 29.5 Å². The van der Waals surface area contributed by atoms with Gasteiger partial charge in [-0.25, -0.2) is 4.39 Å². The lowest BCUT2D eigenvalue weighted by atomic mass is 10.2. The molecular formula is C10H13FO3. The highest BCUT2D eigenvalue weighted by Gasteiger charge is 2.04. The molecule has 0 aromatic heterocycles. The van der Waals surface area contributed by atoms with Gasteiger partial charge in [0, 0.05) is 6.07 Å². The molecule has 0 aliphatic rings. The molecule has 0 heterocycles. The second kappa shape index (κ2) is 4.93. The third-order valence-corrected chi connectivity index (χ3v) is 1.80. The first-order valence-corrected chi connectivity index (χ1v) is 4.31. The lowest BCUT2D eigenvalue weighted by Gasteiger charge is -2.10. The van der Waals surface area contributed by atoms with Crippen LogP contribution in [-0.2, 0) is 0 Å². The van der Waals surface area contributed by atoms with Gasteiger partial charge >= 0.3 is 0 Å². The van der Waals surface area contributed by atoms with Gasteiger partial charge in [0.1, 0.15) is 24.3 Å². The summed E-state index contributed by atoms with van der Waals surface area (Å²) >= 11 is 0. The van der Waals surface area contributed by atoms with Crippen LogP contribution in [0.5, 0.6) is 5.75 Å². The molecule has 78 valence electrons. The van der Waals surface area contributed by atoms with Crippen LogP contribution in [0.15, 0.2) is 18.2 Å². The minimum atomic E-state index is -0.931. The van der Waals surface area contributed by atoms with Crippen molar-refractivity contribution in [2.45, 2.75) is 13.0 Å². The van der Waals surface area contributed by atoms with E-state index in [1.165, 1.54) is 6.07 Å². The van der Waals surface area contributed by atoms with Gasteiger partial charge in [-0.05, 0) is 18.6 Å². The molecule has 0 saturated carbocycles. The maximum atomic E-state index is 13.0. The molecule has 14 heavy (non-hydrogen) atoms. The topological polar surface area (TPSA) is 49.7 Å². The predicted octanol–water partition coefficient (Wildman–Crippen LogP) is 0.866. The number of aliphatic hydroxyl groups excluding tert-OH is 2. The average molecular weight is 200 g/mol. The number of hydrogen-bond acceptors (Lipinski definition) is 3. The Morgan fingerprint density at radius 1 is 1.50 bits per heavy atom. The maximum absolute atomic E-state index is 13.0. The third-order valence-electron chi connectivity index (χ3n) is 1.80. The molecule has 3 nitrogen and oxygen atoms in total. The summed E-state index contributed by atoms with van der Waals surface area (Å²) in [7, 11) is 0. The Kier molecular flexibility index (Phi) is 3.85. The number of aryl methyl sites for hydroxylation is 1. The molecule has 1 aromatic carbocycles. The summed E-state index contributed by atoms with van der Waals surface area (Å²) in [6.45, 7) is 1.25. The van der Waals surface area contributed by atoms with Gasteiger partial charge in [-0.2, -0.15) is 0 Å². The van der Waals surface area contributed by atoms with Crippen molar-refractivity contribution in [1.29, 1.82) is 0 Å². The minimum absolute atomic E-state index is 0.0427. The average Bonchev–Trinajstić information content (AvgIpc) is 2.19. The van der Waals surface area contributed by atoms with Crippen molar-refractivity contribution in [1.82, 2.24) is 0 Å². The van der Waals surface area contributed by atoms with E-state index in [0.29, 0.717) is 11.3 Å². The standard InChI is InChI=1S/C10H13FO3/c1-7-2-3-9(4-10(7)11)14-6-8(13)5-12/h2-4,8,12-13H,5-6H2,1H3. The predicted molar refractivity (Wildman–Crippen MR) is 49.7 cm³/mol. The molecule has 1 unspecified atom stereocenters. The van der Waals surface area contributed by atoms with E-state index < -0.39 is 6.10 Å². The summed E-state index contributed by atoms with van der Waals surface area (Å²) in [5.41, 5.74) is 0.542. The van der Waals surface area contributed by atoms with E-state index in [9.17, 15) is 4.39 Å². The first-order valence-electron chi connectivity index (χ1n) is 4.31. The van der Waals surface area contributed by atoms with Crippen LogP contribution in [0.25, 0.3) is 0 Å². The largest absolute Gasteiger partial charge is 0.491 e. The fourth-order valence-corrected chi connectivity index (χ4v) is 0.908. The normalized spacial score (nSPS) is 12.6. The van der Waals surface area contributed by atoms with Crippen molar-refractivity contribution in [2.24, 2.45) is 0 Å². The lowest BCUT2D eigenvalue weighted by molar-refractivity contribution is 0.0535. The highest BCUT2D eigenvalue weighted by atomic mass is 19.1. The molecule has 1 atom stereocenters. The van der Waals surface area contributed by atoms with Crippen molar-refractivity contribution >= 4 is 0 Å². The zero-order valence-corrected chi connectivity index (χ0v) is 7.90. The van der Waals surface area contributed by atoms with E-state index in [1.807, 2.05) is 0 Å². The van der Waals surface area contributed by atoms with Crippen LogP contribution >= 0.6 is 0 Å². The van der Waals surface area contributed by atoms with Gasteiger partial charge in [0.2, 0.25) is 0 Å². The summed E-state index contributed by atoms with van der Waals surface area (Å²) in [5, 5.41) is 17.5. The molecule has 1 aromatic rings. The Balaban J connectivity index is 2.55. The zero-order valence-electron chi connectivity index (χ0n) is 7.90. The highest BCUT2D eigenvalue weighted by Crippen LogP contribution is 2.15. The fraction of sp³-hybridized carbons (Fsp3) is 0.400. The maximum Gasteiger partial charge on any atom is 0.129 e. The van der Waals surface area contributed by atoms with Crippen molar-refractivity contribution in [3.8, 4) is 5.75 Å². The third kappa shape index (κ3) is 2.97. The van der Waals surface area contributed by atoms with Crippen molar-refractivity contribution in [3.05, 3.63) is 29.6 Å². The molecule has 0 radical (unpaired) electrons. The Bertz CT molecular complexity index is 301. The van der Waals surface area contributed by atoms with Crippen LogP contribution in [0.1, 0.15) is 5.56 Å². The fourth-order valence-electron chi connectivity index (χ4n) is 0.908. The number of aliphatic hydroxyl groups is 2. The van der Waals surface area contributed by atoms with Gasteiger partial charge in [0.25, 0.3) is 0 Å². The van der Waals surface area contributed by atoms with Crippen LogP contribution in [0, 0.1) is 12.7 Å². The van der Waals surface area contributed by atoms with Crippen LogP contribution < -0.4 is 4.74 Å². The Hall–Kier alpha value is -1.13. The number of halogens is 1. The first kappa shape index (κ1) is 10.9. The Labute approximate surface area is 81.8 Å². The molecule has 0 fully saturated rings. The Morgan fingerprint density at radius 3 is 2.79 bits per heavy atom. The van der Waals surface area contributed by atoms with Gasteiger partial charge in [-0.15, -0.1) is 0 Å². The van der Waals surface area contributed by atoms with E-state index in [-0.39, 0.29) is 19.0 Å². The van der Waals surface area contributed by atoms with Gasteiger partial charge in [-0.3, -0.25) is 0 Å². The molecule has 0 spiro atoms. The van der Waals surface area contributed by atoms with Crippen molar-refractivity contribution in [2.75, 3.05) is 13.2 Å². The number of rotatable bonds is 4. The van der Waals surface area contributed by atoms with Crippen molar-refractivity contribution < 1.29 is 19.3 Å². The van der Waals surface area contributed by atoms with E-state index in [4.69, 9.17) is 14.9 Å². The van der Waals surface area contributed by atoms with Crippen molar-refractivity contribution in [3.63, 3.8) is 0 Å². The highest BCUT2D eigenvalue weighted by molar-refractivity contribution is 5.27. The second-order valence-electron chi connectivity index (χ2n) is 3.06. The van der Waals surface area contributed by atoms with E-state index >= 15 is 0 Å². The van der Waals surface area contributed by atoms with Gasteiger partial charge in [0.05, 0.1) is 6.61 Å². The first-order chi connectivity index (χ1) is 6.63. The van der Waals surface area contributed by atoms with Gasteiger partial charge in [0.15, 0.2) is 0 Å². The minimum Gasteiger partial charge on any atom is -0.491 e. The lowest BCUT2D eigenvalue weighted by Crippen LogP contribution is -2.21. The summed E-state index contributed by atoms with van der Waals surface area (Å²) < 4.78 is 18.0. The quantitative estimate of drug-likeness (QED) is 0.758. The molecule has 0 saturated heterocycles. The molecule has 0 aliphatic heterocycles. The SMILES string of the molecule is Cc1ccc(OCC(O)CO)cc1F. The summed E-state index contributed by atoms with van der Waals surface area (Å²) in [5.74, 6) is 0.00147. The zero-order chi connectivity index (χ0) is 10.6. The number of benzene rings is 1. The summed E-state index contributed by atoms with van der Waals surface area (Å²) in [4.78, 5) is 0. The van der Waals surface area contributed by atoms with E-state index in [2.05, 4.69) is 0 Å². The van der Waals surface area contributed by atoms with Crippen LogP contribution in [0.4, 0.5) is 4.39 Å². The second-order valence-corrected chi connectivity index (χ2v) is 3.06. The molecule has 2 N–H and O–H groups in total. The smallest absolute Gasteiger partial charge is 0.129 e. The molecule has 0 bridgehead atoms.